The van der Waals surface area contributed by atoms with Crippen LogP contribution in [0.25, 0.3) is 0 Å². The predicted molar refractivity (Wildman–Crippen MR) is 37.5 cm³/mol. The molecule has 4 nitrogen and oxygen atoms in total. The zero-order valence-corrected chi connectivity index (χ0v) is 6.00. The van der Waals surface area contributed by atoms with Crippen LogP contribution in [0.3, 0.4) is 0 Å². The van der Waals surface area contributed by atoms with Crippen LogP contribution in [-0.4, -0.2) is 14.8 Å². The molecule has 2 rings (SSSR count). The van der Waals surface area contributed by atoms with Crippen molar-refractivity contribution in [2.75, 3.05) is 5.73 Å². The van der Waals surface area contributed by atoms with Gasteiger partial charge in [-0.2, -0.15) is 0 Å². The van der Waals surface area contributed by atoms with Gasteiger partial charge < -0.3 is 5.73 Å². The van der Waals surface area contributed by atoms with Gasteiger partial charge in [-0.25, -0.2) is 4.39 Å². The third kappa shape index (κ3) is 0.875. The molecule has 5 heteroatoms. The summed E-state index contributed by atoms with van der Waals surface area (Å²) in [4.78, 5) is 0. The Balaban J connectivity index is 2.46. The van der Waals surface area contributed by atoms with E-state index in [1.54, 1.807) is 4.57 Å². The molecule has 60 valence electrons. The first-order chi connectivity index (χ1) is 5.29. The molecule has 0 fully saturated rings. The van der Waals surface area contributed by atoms with Gasteiger partial charge in [0.1, 0.15) is 0 Å². The van der Waals surface area contributed by atoms with Crippen LogP contribution in [0.4, 0.5) is 10.3 Å². The van der Waals surface area contributed by atoms with Gasteiger partial charge >= 0.3 is 0 Å². The highest BCUT2D eigenvalue weighted by molar-refractivity contribution is 5.19. The van der Waals surface area contributed by atoms with Gasteiger partial charge in [0.2, 0.25) is 5.95 Å². The van der Waals surface area contributed by atoms with Crippen LogP contribution in [0.1, 0.15) is 24.8 Å². The molecular formula is C6H9FN4. The topological polar surface area (TPSA) is 56.7 Å². The Morgan fingerprint density at radius 2 is 2.36 bits per heavy atom. The maximum absolute atomic E-state index is 13.0. The molecule has 1 unspecified atom stereocenters. The van der Waals surface area contributed by atoms with E-state index in [1.807, 2.05) is 0 Å². The molecule has 0 spiro atoms. The largest absolute Gasteiger partial charge is 0.368 e. The maximum Gasteiger partial charge on any atom is 0.222 e. The minimum atomic E-state index is -0.978. The highest BCUT2D eigenvalue weighted by Gasteiger charge is 2.23. The molecule has 1 aliphatic heterocycles. The summed E-state index contributed by atoms with van der Waals surface area (Å²) in [6, 6.07) is 0. The fraction of sp³-hybridized carbons (Fsp3) is 0.667. The smallest absolute Gasteiger partial charge is 0.222 e. The van der Waals surface area contributed by atoms with Crippen LogP contribution in [-0.2, 0) is 6.54 Å². The number of alkyl halides is 1. The van der Waals surface area contributed by atoms with Crippen molar-refractivity contribution >= 4 is 5.95 Å². The minimum absolute atomic E-state index is 0.322. The monoisotopic (exact) mass is 156 g/mol. The summed E-state index contributed by atoms with van der Waals surface area (Å²) in [5.41, 5.74) is 5.45. The molecule has 0 bridgehead atoms. The molecular weight excluding hydrogens is 147 g/mol. The number of rotatable bonds is 0. The first-order valence-corrected chi connectivity index (χ1v) is 3.61. The summed E-state index contributed by atoms with van der Waals surface area (Å²) in [6.07, 6.45) is 0.377. The van der Waals surface area contributed by atoms with Crippen molar-refractivity contribution in [1.82, 2.24) is 14.8 Å². The van der Waals surface area contributed by atoms with Crippen molar-refractivity contribution in [2.24, 2.45) is 0 Å². The molecule has 0 aliphatic carbocycles. The fourth-order valence-electron chi connectivity index (χ4n) is 1.35. The van der Waals surface area contributed by atoms with E-state index in [-0.39, 0.29) is 0 Å². The second-order valence-corrected chi connectivity index (χ2v) is 2.68. The lowest BCUT2D eigenvalue weighted by Crippen LogP contribution is -2.14. The summed E-state index contributed by atoms with van der Waals surface area (Å²) >= 11 is 0. The predicted octanol–water partition coefficient (Wildman–Crippen LogP) is 0.665. The standard InChI is InChI=1S/C6H9FN4/c7-4-2-1-3-11-5(4)9-10-6(11)8/h4H,1-3H2,(H2,8,10). The van der Waals surface area contributed by atoms with Crippen LogP contribution < -0.4 is 5.73 Å². The Bertz CT molecular complexity index is 270. The van der Waals surface area contributed by atoms with Crippen LogP contribution in [0, 0.1) is 0 Å². The molecule has 1 aliphatic rings. The van der Waals surface area contributed by atoms with Gasteiger partial charge in [0.05, 0.1) is 0 Å². The van der Waals surface area contributed by atoms with Gasteiger partial charge in [0, 0.05) is 6.54 Å². The van der Waals surface area contributed by atoms with E-state index < -0.39 is 6.17 Å². The van der Waals surface area contributed by atoms with Crippen molar-refractivity contribution in [3.05, 3.63) is 5.82 Å². The minimum Gasteiger partial charge on any atom is -0.368 e. The quantitative estimate of drug-likeness (QED) is 0.600. The van der Waals surface area contributed by atoms with Crippen LogP contribution >= 0.6 is 0 Å². The molecule has 2 heterocycles. The van der Waals surface area contributed by atoms with E-state index in [2.05, 4.69) is 10.2 Å². The average molecular weight is 156 g/mol. The number of nitrogens with two attached hydrogens (primary N) is 1. The van der Waals surface area contributed by atoms with Gasteiger partial charge in [-0.15, -0.1) is 10.2 Å². The maximum atomic E-state index is 13.0. The average Bonchev–Trinajstić information content (AvgIpc) is 2.35. The molecule has 2 N–H and O–H groups in total. The number of hydrogen-bond donors (Lipinski definition) is 1. The molecule has 0 aromatic carbocycles. The summed E-state index contributed by atoms with van der Waals surface area (Å²) in [5, 5.41) is 7.25. The van der Waals surface area contributed by atoms with E-state index in [9.17, 15) is 4.39 Å². The Morgan fingerprint density at radius 3 is 3.09 bits per heavy atom. The number of hydrogen-bond acceptors (Lipinski definition) is 3. The zero-order chi connectivity index (χ0) is 7.84. The highest BCUT2D eigenvalue weighted by atomic mass is 19.1. The van der Waals surface area contributed by atoms with Crippen molar-refractivity contribution in [3.8, 4) is 0 Å². The summed E-state index contributed by atoms with van der Waals surface area (Å²) < 4.78 is 14.6. The molecule has 1 aromatic rings. The third-order valence-corrected chi connectivity index (χ3v) is 1.93. The number of nitrogen functional groups attached to an aromatic ring is 1. The molecule has 11 heavy (non-hydrogen) atoms. The lowest BCUT2D eigenvalue weighted by molar-refractivity contribution is 0.261. The van der Waals surface area contributed by atoms with Gasteiger partial charge in [-0.1, -0.05) is 0 Å². The Labute approximate surface area is 63.2 Å². The number of anilines is 1. The van der Waals surface area contributed by atoms with Crippen molar-refractivity contribution in [2.45, 2.75) is 25.6 Å². The third-order valence-electron chi connectivity index (χ3n) is 1.93. The van der Waals surface area contributed by atoms with Crippen molar-refractivity contribution < 1.29 is 4.39 Å². The molecule has 0 saturated carbocycles. The van der Waals surface area contributed by atoms with E-state index >= 15 is 0 Å². The lowest BCUT2D eigenvalue weighted by Gasteiger charge is -2.16. The summed E-state index contributed by atoms with van der Waals surface area (Å²) in [7, 11) is 0. The van der Waals surface area contributed by atoms with Crippen LogP contribution in [0.15, 0.2) is 0 Å². The van der Waals surface area contributed by atoms with E-state index in [0.29, 0.717) is 18.2 Å². The van der Waals surface area contributed by atoms with Crippen molar-refractivity contribution in [1.29, 1.82) is 0 Å². The second kappa shape index (κ2) is 2.18. The molecule has 0 radical (unpaired) electrons. The van der Waals surface area contributed by atoms with Gasteiger partial charge in [0.15, 0.2) is 12.0 Å². The first-order valence-electron chi connectivity index (χ1n) is 3.61. The Kier molecular flexibility index (Phi) is 1.30. The first kappa shape index (κ1) is 6.57. The number of halogens is 1. The van der Waals surface area contributed by atoms with Gasteiger partial charge in [0.25, 0.3) is 0 Å². The molecule has 1 aromatic heterocycles. The van der Waals surface area contributed by atoms with Crippen LogP contribution in [0.2, 0.25) is 0 Å². The SMILES string of the molecule is Nc1nnc2n1CCCC2F. The van der Waals surface area contributed by atoms with Crippen LogP contribution in [0.5, 0.6) is 0 Å². The fourth-order valence-corrected chi connectivity index (χ4v) is 1.35. The number of fused-ring (bicyclic) bond motifs is 1. The molecule has 1 atom stereocenters. The van der Waals surface area contributed by atoms with E-state index in [4.69, 9.17) is 5.73 Å². The lowest BCUT2D eigenvalue weighted by atomic mass is 10.1. The van der Waals surface area contributed by atoms with E-state index in [1.165, 1.54) is 0 Å². The Morgan fingerprint density at radius 1 is 1.55 bits per heavy atom. The summed E-state index contributed by atoms with van der Waals surface area (Å²) in [6.45, 7) is 0.745. The van der Waals surface area contributed by atoms with Gasteiger partial charge in [-0.05, 0) is 12.8 Å². The zero-order valence-electron chi connectivity index (χ0n) is 6.00. The summed E-state index contributed by atoms with van der Waals surface area (Å²) in [5.74, 6) is 0.705. The number of aromatic nitrogens is 3. The normalized spacial score (nSPS) is 23.2. The number of nitrogens with zero attached hydrogens (tertiary/aromatic N) is 3. The van der Waals surface area contributed by atoms with Gasteiger partial charge in [-0.3, -0.25) is 4.57 Å². The Hall–Kier alpha value is -1.13. The molecule has 0 saturated heterocycles. The second-order valence-electron chi connectivity index (χ2n) is 2.68. The van der Waals surface area contributed by atoms with Crippen molar-refractivity contribution in [3.63, 3.8) is 0 Å². The highest BCUT2D eigenvalue weighted by Crippen LogP contribution is 2.27. The molecule has 0 amide bonds. The van der Waals surface area contributed by atoms with E-state index in [0.717, 1.165) is 13.0 Å².